The van der Waals surface area contributed by atoms with Crippen molar-refractivity contribution >= 4 is 17.6 Å². The standard InChI is InChI=1S/C24H28N4O3/c1-17-6-7-18(15-22(17)30-3)12-13-26-24(25-2)27-16-19-8-10-20(11-9-19)28-23(29)21-5-4-14-31-21/h4-11,14-15H,12-13,16H2,1-3H3,(H,28,29)(H2,25,26,27). The summed E-state index contributed by atoms with van der Waals surface area (Å²) in [5, 5.41) is 9.43. The zero-order valence-corrected chi connectivity index (χ0v) is 18.1. The minimum Gasteiger partial charge on any atom is -0.496 e. The normalized spacial score (nSPS) is 11.1. The Bertz CT molecular complexity index is 1010. The number of carbonyl (C=O) groups excluding carboxylic acids is 1. The van der Waals surface area contributed by atoms with Gasteiger partial charge in [0, 0.05) is 25.8 Å². The molecule has 0 saturated heterocycles. The highest BCUT2D eigenvalue weighted by Crippen LogP contribution is 2.19. The number of furan rings is 1. The maximum atomic E-state index is 12.0. The van der Waals surface area contributed by atoms with Crippen molar-refractivity contribution < 1.29 is 13.9 Å². The molecule has 3 aromatic rings. The molecule has 0 atom stereocenters. The van der Waals surface area contributed by atoms with Crippen molar-refractivity contribution in [2.75, 3.05) is 26.0 Å². The van der Waals surface area contributed by atoms with Crippen LogP contribution in [0.3, 0.4) is 0 Å². The number of amides is 1. The van der Waals surface area contributed by atoms with E-state index in [1.165, 1.54) is 11.8 Å². The van der Waals surface area contributed by atoms with Gasteiger partial charge in [0.25, 0.3) is 5.91 Å². The van der Waals surface area contributed by atoms with Crippen molar-refractivity contribution in [3.8, 4) is 5.75 Å². The molecule has 162 valence electrons. The number of guanidine groups is 1. The number of nitrogens with zero attached hydrogens (tertiary/aromatic N) is 1. The molecule has 3 N–H and O–H groups in total. The molecular weight excluding hydrogens is 392 g/mol. The number of anilines is 1. The van der Waals surface area contributed by atoms with Gasteiger partial charge in [-0.05, 0) is 60.4 Å². The van der Waals surface area contributed by atoms with E-state index in [1.807, 2.05) is 31.2 Å². The topological polar surface area (TPSA) is 87.9 Å². The van der Waals surface area contributed by atoms with Crippen LogP contribution in [0.25, 0.3) is 0 Å². The van der Waals surface area contributed by atoms with Crippen LogP contribution in [0.15, 0.2) is 70.3 Å². The van der Waals surface area contributed by atoms with Crippen molar-refractivity contribution in [3.05, 3.63) is 83.3 Å². The molecule has 1 aromatic heterocycles. The molecule has 3 rings (SSSR count). The van der Waals surface area contributed by atoms with Gasteiger partial charge in [0.1, 0.15) is 5.75 Å². The summed E-state index contributed by atoms with van der Waals surface area (Å²) in [6.45, 7) is 3.40. The van der Waals surface area contributed by atoms with Gasteiger partial charge in [-0.25, -0.2) is 0 Å². The number of nitrogens with one attached hydrogen (secondary N) is 3. The first-order chi connectivity index (χ1) is 15.1. The number of hydrogen-bond acceptors (Lipinski definition) is 4. The summed E-state index contributed by atoms with van der Waals surface area (Å²) in [5.41, 5.74) is 4.12. The SMILES string of the molecule is CN=C(NCCc1ccc(C)c(OC)c1)NCc1ccc(NC(=O)c2ccco2)cc1. The summed E-state index contributed by atoms with van der Waals surface area (Å²) in [4.78, 5) is 16.3. The molecule has 0 aliphatic heterocycles. The van der Waals surface area contributed by atoms with Crippen LogP contribution in [0.1, 0.15) is 27.2 Å². The Morgan fingerprint density at radius 1 is 1.06 bits per heavy atom. The monoisotopic (exact) mass is 420 g/mol. The van der Waals surface area contributed by atoms with Crippen molar-refractivity contribution in [1.82, 2.24) is 10.6 Å². The van der Waals surface area contributed by atoms with Crippen LogP contribution in [0.5, 0.6) is 5.75 Å². The maximum Gasteiger partial charge on any atom is 0.291 e. The lowest BCUT2D eigenvalue weighted by atomic mass is 10.1. The molecule has 0 spiro atoms. The number of rotatable bonds is 8. The molecule has 31 heavy (non-hydrogen) atoms. The number of methoxy groups -OCH3 is 1. The largest absolute Gasteiger partial charge is 0.496 e. The van der Waals surface area contributed by atoms with Gasteiger partial charge in [-0.3, -0.25) is 9.79 Å². The Labute approximate surface area is 182 Å². The fraction of sp³-hybridized carbons (Fsp3) is 0.250. The van der Waals surface area contributed by atoms with Gasteiger partial charge in [-0.2, -0.15) is 0 Å². The zero-order valence-electron chi connectivity index (χ0n) is 18.1. The van der Waals surface area contributed by atoms with E-state index in [0.29, 0.717) is 12.2 Å². The Hall–Kier alpha value is -3.74. The van der Waals surface area contributed by atoms with E-state index in [-0.39, 0.29) is 11.7 Å². The van der Waals surface area contributed by atoms with Crippen molar-refractivity contribution in [1.29, 1.82) is 0 Å². The first kappa shape index (κ1) is 22.0. The van der Waals surface area contributed by atoms with Gasteiger partial charge >= 0.3 is 0 Å². The van der Waals surface area contributed by atoms with E-state index in [1.54, 1.807) is 26.3 Å². The molecule has 2 aromatic carbocycles. The molecule has 7 nitrogen and oxygen atoms in total. The van der Waals surface area contributed by atoms with E-state index in [0.717, 1.165) is 35.8 Å². The lowest BCUT2D eigenvalue weighted by Crippen LogP contribution is -2.37. The van der Waals surface area contributed by atoms with E-state index in [9.17, 15) is 4.79 Å². The lowest BCUT2D eigenvalue weighted by molar-refractivity contribution is 0.0996. The first-order valence-electron chi connectivity index (χ1n) is 10.1. The minimum absolute atomic E-state index is 0.272. The average Bonchev–Trinajstić information content (AvgIpc) is 3.33. The minimum atomic E-state index is -0.272. The molecule has 1 heterocycles. The van der Waals surface area contributed by atoms with Crippen LogP contribution in [0.4, 0.5) is 5.69 Å². The van der Waals surface area contributed by atoms with Crippen LogP contribution >= 0.6 is 0 Å². The lowest BCUT2D eigenvalue weighted by Gasteiger charge is -2.13. The number of ether oxygens (including phenoxy) is 1. The van der Waals surface area contributed by atoms with Gasteiger partial charge in [-0.15, -0.1) is 0 Å². The molecule has 0 aliphatic rings. The zero-order chi connectivity index (χ0) is 22.1. The van der Waals surface area contributed by atoms with Crippen LogP contribution in [0.2, 0.25) is 0 Å². The van der Waals surface area contributed by atoms with Crippen LogP contribution in [-0.2, 0) is 13.0 Å². The van der Waals surface area contributed by atoms with Crippen LogP contribution < -0.4 is 20.7 Å². The number of carbonyl (C=O) groups is 1. The summed E-state index contributed by atoms with van der Waals surface area (Å²) in [5.74, 6) is 1.65. The van der Waals surface area contributed by atoms with Crippen LogP contribution in [-0.4, -0.2) is 32.6 Å². The van der Waals surface area contributed by atoms with Gasteiger partial charge in [0.2, 0.25) is 0 Å². The third kappa shape index (κ3) is 6.37. The third-order valence-electron chi connectivity index (χ3n) is 4.82. The van der Waals surface area contributed by atoms with E-state index >= 15 is 0 Å². The molecule has 0 radical (unpaired) electrons. The summed E-state index contributed by atoms with van der Waals surface area (Å²) in [6.07, 6.45) is 2.34. The number of hydrogen-bond donors (Lipinski definition) is 3. The summed E-state index contributed by atoms with van der Waals surface area (Å²) in [7, 11) is 3.44. The molecule has 0 bridgehead atoms. The molecule has 7 heteroatoms. The fourth-order valence-corrected chi connectivity index (χ4v) is 3.06. The highest BCUT2D eigenvalue weighted by atomic mass is 16.5. The maximum absolute atomic E-state index is 12.0. The molecule has 1 amide bonds. The summed E-state index contributed by atoms with van der Waals surface area (Å²) < 4.78 is 10.5. The van der Waals surface area contributed by atoms with Crippen molar-refractivity contribution in [2.24, 2.45) is 4.99 Å². The Morgan fingerprint density at radius 2 is 1.84 bits per heavy atom. The Morgan fingerprint density at radius 3 is 2.52 bits per heavy atom. The fourth-order valence-electron chi connectivity index (χ4n) is 3.06. The highest BCUT2D eigenvalue weighted by Gasteiger charge is 2.08. The van der Waals surface area contributed by atoms with Crippen LogP contribution in [0, 0.1) is 6.92 Å². The average molecular weight is 421 g/mol. The van der Waals surface area contributed by atoms with Gasteiger partial charge in [0.05, 0.1) is 13.4 Å². The molecular formula is C24H28N4O3. The van der Waals surface area contributed by atoms with Gasteiger partial charge in [-0.1, -0.05) is 24.3 Å². The predicted octanol–water partition coefficient (Wildman–Crippen LogP) is 3.76. The van der Waals surface area contributed by atoms with Crippen molar-refractivity contribution in [2.45, 2.75) is 19.9 Å². The summed E-state index contributed by atoms with van der Waals surface area (Å²) in [6, 6.07) is 17.2. The quantitative estimate of drug-likeness (QED) is 0.382. The van der Waals surface area contributed by atoms with Gasteiger partial charge in [0.15, 0.2) is 11.7 Å². The second-order valence-corrected chi connectivity index (χ2v) is 7.03. The molecule has 0 fully saturated rings. The molecule has 0 aliphatic carbocycles. The summed E-state index contributed by atoms with van der Waals surface area (Å²) >= 11 is 0. The Kier molecular flexibility index (Phi) is 7.70. The van der Waals surface area contributed by atoms with Crippen molar-refractivity contribution in [3.63, 3.8) is 0 Å². The first-order valence-corrected chi connectivity index (χ1v) is 10.1. The van der Waals surface area contributed by atoms with E-state index in [2.05, 4.69) is 39.1 Å². The number of aryl methyl sites for hydroxylation is 1. The molecule has 0 unspecified atom stereocenters. The molecule has 0 saturated carbocycles. The second kappa shape index (κ2) is 10.9. The predicted molar refractivity (Wildman–Crippen MR) is 123 cm³/mol. The Balaban J connectivity index is 1.44. The smallest absolute Gasteiger partial charge is 0.291 e. The van der Waals surface area contributed by atoms with Gasteiger partial charge < -0.3 is 25.1 Å². The number of benzene rings is 2. The highest BCUT2D eigenvalue weighted by molar-refractivity contribution is 6.02. The van der Waals surface area contributed by atoms with E-state index in [4.69, 9.17) is 9.15 Å². The second-order valence-electron chi connectivity index (χ2n) is 7.03. The number of aliphatic imine (C=N–C) groups is 1. The van der Waals surface area contributed by atoms with E-state index < -0.39 is 0 Å². The third-order valence-corrected chi connectivity index (χ3v) is 4.82.